The number of carbonyl (C=O) groups excluding carboxylic acids is 1. The number of hydrogen-bond donors (Lipinski definition) is 0. The van der Waals surface area contributed by atoms with Crippen LogP contribution in [0.2, 0.25) is 0 Å². The third-order valence-corrected chi connectivity index (χ3v) is 4.00. The number of anilines is 1. The number of nitrogens with zero attached hydrogens (tertiary/aromatic N) is 3. The summed E-state index contributed by atoms with van der Waals surface area (Å²) in [6.07, 6.45) is -0.223. The third kappa shape index (κ3) is 3.47. The van der Waals surface area contributed by atoms with E-state index in [2.05, 4.69) is 4.98 Å². The number of methoxy groups -OCH3 is 1. The lowest BCUT2D eigenvalue weighted by Crippen LogP contribution is -2.27. The highest BCUT2D eigenvalue weighted by Crippen LogP contribution is 2.33. The largest absolute Gasteiger partial charge is 0.481 e. The molecule has 0 N–H and O–H groups in total. The third-order valence-electron chi connectivity index (χ3n) is 3.13. The van der Waals surface area contributed by atoms with E-state index in [-0.39, 0.29) is 24.7 Å². The summed E-state index contributed by atoms with van der Waals surface area (Å²) in [6.45, 7) is -0.164. The minimum Gasteiger partial charge on any atom is -0.481 e. The molecular formula is C11H12FN3O6S. The average molecular weight is 333 g/mol. The molecule has 0 aromatic carbocycles. The molecule has 2 rings (SSSR count). The van der Waals surface area contributed by atoms with Gasteiger partial charge in [0.25, 0.3) is 0 Å². The molecular weight excluding hydrogens is 321 g/mol. The van der Waals surface area contributed by atoms with E-state index in [9.17, 15) is 27.2 Å². The van der Waals surface area contributed by atoms with E-state index in [1.807, 2.05) is 0 Å². The van der Waals surface area contributed by atoms with Crippen LogP contribution in [0.15, 0.2) is 12.1 Å². The second kappa shape index (κ2) is 5.83. The van der Waals surface area contributed by atoms with Crippen LogP contribution < -0.4 is 9.64 Å². The summed E-state index contributed by atoms with van der Waals surface area (Å²) in [5.41, 5.74) is -0.419. The normalized spacial score (nSPS) is 18.5. The number of ether oxygens (including phenoxy) is 1. The molecule has 1 amide bonds. The van der Waals surface area contributed by atoms with Crippen molar-refractivity contribution >= 4 is 27.6 Å². The second-order valence-electron chi connectivity index (χ2n) is 4.73. The zero-order valence-electron chi connectivity index (χ0n) is 11.4. The fourth-order valence-corrected chi connectivity index (χ4v) is 3.04. The number of hydrogen-bond acceptors (Lipinski definition) is 7. The van der Waals surface area contributed by atoms with Crippen LogP contribution in [0, 0.1) is 16.0 Å². The number of amides is 1. The van der Waals surface area contributed by atoms with Gasteiger partial charge in [0, 0.05) is 31.0 Å². The molecule has 120 valence electrons. The van der Waals surface area contributed by atoms with E-state index in [4.69, 9.17) is 4.74 Å². The van der Waals surface area contributed by atoms with Crippen LogP contribution >= 0.6 is 0 Å². The van der Waals surface area contributed by atoms with Crippen LogP contribution in [0.5, 0.6) is 5.88 Å². The van der Waals surface area contributed by atoms with Crippen molar-refractivity contribution in [2.75, 3.05) is 24.3 Å². The second-order valence-corrected chi connectivity index (χ2v) is 6.14. The molecule has 1 aromatic rings. The minimum atomic E-state index is -4.73. The first kappa shape index (κ1) is 16.1. The molecule has 22 heavy (non-hydrogen) atoms. The van der Waals surface area contributed by atoms with Gasteiger partial charge in [0.05, 0.1) is 17.8 Å². The quantitative estimate of drug-likeness (QED) is 0.441. The van der Waals surface area contributed by atoms with Crippen LogP contribution in [0.3, 0.4) is 0 Å². The maximum atomic E-state index is 12.7. The summed E-state index contributed by atoms with van der Waals surface area (Å²) >= 11 is 0. The first-order valence-corrected chi connectivity index (χ1v) is 7.68. The Labute approximate surface area is 125 Å². The maximum Gasteiger partial charge on any atom is 0.312 e. The SMILES string of the molecule is COc1ccc([N+](=O)[O-])c(N2CC(CS(=O)(=O)F)CC2=O)n1. The molecule has 11 heteroatoms. The van der Waals surface area contributed by atoms with Crippen LogP contribution in [0.25, 0.3) is 0 Å². The smallest absolute Gasteiger partial charge is 0.312 e. The molecule has 1 atom stereocenters. The lowest BCUT2D eigenvalue weighted by atomic mass is 10.1. The van der Waals surface area contributed by atoms with Gasteiger partial charge < -0.3 is 4.74 Å². The molecule has 2 heterocycles. The average Bonchev–Trinajstić information content (AvgIpc) is 2.76. The summed E-state index contributed by atoms with van der Waals surface area (Å²) in [4.78, 5) is 27.1. The van der Waals surface area contributed by atoms with Gasteiger partial charge >= 0.3 is 15.9 Å². The van der Waals surface area contributed by atoms with Crippen molar-refractivity contribution in [3.63, 3.8) is 0 Å². The van der Waals surface area contributed by atoms with Crippen LogP contribution in [0.1, 0.15) is 6.42 Å². The van der Waals surface area contributed by atoms with Crippen molar-refractivity contribution in [1.29, 1.82) is 0 Å². The van der Waals surface area contributed by atoms with E-state index in [0.29, 0.717) is 0 Å². The predicted molar refractivity (Wildman–Crippen MR) is 72.8 cm³/mol. The number of aromatic nitrogens is 1. The van der Waals surface area contributed by atoms with Crippen molar-refractivity contribution in [1.82, 2.24) is 4.98 Å². The molecule has 0 bridgehead atoms. The summed E-state index contributed by atoms with van der Waals surface area (Å²) in [7, 11) is -3.43. The maximum absolute atomic E-state index is 12.7. The van der Waals surface area contributed by atoms with Crippen LogP contribution in [0.4, 0.5) is 15.4 Å². The monoisotopic (exact) mass is 333 g/mol. The van der Waals surface area contributed by atoms with Gasteiger partial charge in [0.2, 0.25) is 17.6 Å². The van der Waals surface area contributed by atoms with Crippen molar-refractivity contribution in [2.45, 2.75) is 6.42 Å². The molecule has 0 aliphatic carbocycles. The van der Waals surface area contributed by atoms with Gasteiger partial charge in [-0.25, -0.2) is 0 Å². The fraction of sp³-hybridized carbons (Fsp3) is 0.455. The highest BCUT2D eigenvalue weighted by Gasteiger charge is 2.37. The van der Waals surface area contributed by atoms with Gasteiger partial charge in [-0.2, -0.15) is 13.4 Å². The Balaban J connectivity index is 2.35. The Bertz CT molecular complexity index is 723. The summed E-state index contributed by atoms with van der Waals surface area (Å²) in [5, 5.41) is 11.0. The minimum absolute atomic E-state index is 0.0648. The fourth-order valence-electron chi connectivity index (χ4n) is 2.26. The van der Waals surface area contributed by atoms with Crippen molar-refractivity contribution in [3.8, 4) is 5.88 Å². The number of carbonyl (C=O) groups is 1. The molecule has 1 unspecified atom stereocenters. The Morgan fingerprint density at radius 1 is 1.55 bits per heavy atom. The Morgan fingerprint density at radius 3 is 2.77 bits per heavy atom. The highest BCUT2D eigenvalue weighted by molar-refractivity contribution is 7.86. The Morgan fingerprint density at radius 2 is 2.23 bits per heavy atom. The van der Waals surface area contributed by atoms with E-state index in [1.165, 1.54) is 13.2 Å². The number of pyridine rings is 1. The lowest BCUT2D eigenvalue weighted by Gasteiger charge is -2.15. The number of nitro groups is 1. The van der Waals surface area contributed by atoms with Gasteiger partial charge in [-0.3, -0.25) is 19.8 Å². The van der Waals surface area contributed by atoms with Gasteiger partial charge in [0.1, 0.15) is 0 Å². The first-order valence-electron chi connectivity index (χ1n) is 6.13. The molecule has 0 saturated carbocycles. The standard InChI is InChI=1S/C11H12FN3O6S/c1-21-9-3-2-8(15(17)18)11(13-9)14-5-7(4-10(14)16)6-22(12,19)20/h2-3,7H,4-6H2,1H3. The molecule has 0 radical (unpaired) electrons. The van der Waals surface area contributed by atoms with Gasteiger partial charge in [0.15, 0.2) is 0 Å². The lowest BCUT2D eigenvalue weighted by molar-refractivity contribution is -0.384. The Kier molecular flexibility index (Phi) is 4.26. The molecule has 1 fully saturated rings. The first-order chi connectivity index (χ1) is 10.2. The zero-order chi connectivity index (χ0) is 16.5. The van der Waals surface area contributed by atoms with Gasteiger partial charge in [-0.1, -0.05) is 0 Å². The number of rotatable bonds is 5. The molecule has 9 nitrogen and oxygen atoms in total. The van der Waals surface area contributed by atoms with E-state index in [0.717, 1.165) is 11.0 Å². The van der Waals surface area contributed by atoms with Crippen LogP contribution in [-0.4, -0.2) is 43.6 Å². The van der Waals surface area contributed by atoms with Crippen LogP contribution in [-0.2, 0) is 15.0 Å². The summed E-state index contributed by atoms with van der Waals surface area (Å²) in [5.74, 6) is -2.33. The highest BCUT2D eigenvalue weighted by atomic mass is 32.3. The Hall–Kier alpha value is -2.30. The van der Waals surface area contributed by atoms with Crippen molar-refractivity contribution < 1.29 is 26.8 Å². The van der Waals surface area contributed by atoms with Gasteiger partial charge in [-0.15, -0.1) is 3.89 Å². The molecule has 1 aliphatic rings. The predicted octanol–water partition coefficient (Wildman–Crippen LogP) is 0.651. The van der Waals surface area contributed by atoms with Gasteiger partial charge in [-0.05, 0) is 0 Å². The van der Waals surface area contributed by atoms with E-state index >= 15 is 0 Å². The molecule has 1 aromatic heterocycles. The summed E-state index contributed by atoms with van der Waals surface area (Å²) in [6, 6.07) is 2.40. The number of halogens is 1. The van der Waals surface area contributed by atoms with Crippen molar-refractivity contribution in [3.05, 3.63) is 22.2 Å². The molecule has 0 spiro atoms. The van der Waals surface area contributed by atoms with E-state index < -0.39 is 38.4 Å². The molecule has 1 saturated heterocycles. The van der Waals surface area contributed by atoms with E-state index in [1.54, 1.807) is 0 Å². The summed E-state index contributed by atoms with van der Waals surface area (Å²) < 4.78 is 38.9. The zero-order valence-corrected chi connectivity index (χ0v) is 12.2. The topological polar surface area (TPSA) is 120 Å². The van der Waals surface area contributed by atoms with Crippen molar-refractivity contribution in [2.24, 2.45) is 5.92 Å². The molecule has 1 aliphatic heterocycles.